The Morgan fingerprint density at radius 2 is 2.10 bits per heavy atom. The largest absolute Gasteiger partial charge is 0.487 e. The maximum Gasteiger partial charge on any atom is 0.213 e. The molecule has 1 aliphatic carbocycles. The molecule has 0 amide bonds. The van der Waals surface area contributed by atoms with Gasteiger partial charge in [-0.15, -0.1) is 0 Å². The van der Waals surface area contributed by atoms with Crippen molar-refractivity contribution in [2.75, 3.05) is 13.2 Å². The Hall–Kier alpha value is -2.18. The summed E-state index contributed by atoms with van der Waals surface area (Å²) in [6.07, 6.45) is 10.9. The highest BCUT2D eigenvalue weighted by atomic mass is 19.1. The van der Waals surface area contributed by atoms with E-state index in [2.05, 4.69) is 10.3 Å². The molecular weight excluding hydrogens is 381 g/mol. The normalized spacial score (nSPS) is 18.7. The molecule has 1 heterocycles. The number of nitrogens with two attached hydrogens (primary N) is 1. The van der Waals surface area contributed by atoms with Crippen LogP contribution in [-0.2, 0) is 0 Å². The molecule has 2 aliphatic rings. The van der Waals surface area contributed by atoms with Crippen molar-refractivity contribution in [3.05, 3.63) is 53.1 Å². The molecule has 6 heteroatoms. The highest BCUT2D eigenvalue weighted by Gasteiger charge is 2.28. The molecule has 1 unspecified atom stereocenters. The first-order chi connectivity index (χ1) is 14.5. The van der Waals surface area contributed by atoms with Gasteiger partial charge in [0, 0.05) is 24.2 Å². The molecule has 0 spiro atoms. The minimum atomic E-state index is -0.706. The molecule has 1 aromatic carbocycles. The summed E-state index contributed by atoms with van der Waals surface area (Å²) in [4.78, 5) is 3.16. The number of hydrogen-bond donors (Lipinski definition) is 4. The van der Waals surface area contributed by atoms with Crippen LogP contribution >= 0.6 is 0 Å². The van der Waals surface area contributed by atoms with Crippen LogP contribution in [-0.4, -0.2) is 36.1 Å². The highest BCUT2D eigenvalue weighted by Crippen LogP contribution is 2.42. The van der Waals surface area contributed by atoms with Crippen molar-refractivity contribution in [3.63, 3.8) is 0 Å². The number of ether oxygens (including phenoxy) is 1. The molecule has 1 fully saturated rings. The first-order valence-corrected chi connectivity index (χ1v) is 11.1. The van der Waals surface area contributed by atoms with Gasteiger partial charge in [0.1, 0.15) is 12.7 Å². The first-order valence-electron chi connectivity index (χ1n) is 11.1. The van der Waals surface area contributed by atoms with Crippen LogP contribution in [0.5, 0.6) is 5.75 Å². The Kier molecular flexibility index (Phi) is 8.05. The van der Waals surface area contributed by atoms with E-state index in [-0.39, 0.29) is 24.2 Å². The Morgan fingerprint density at radius 3 is 2.80 bits per heavy atom. The summed E-state index contributed by atoms with van der Waals surface area (Å²) in [5, 5.41) is 13.4. The van der Waals surface area contributed by atoms with Crippen molar-refractivity contribution in [2.24, 2.45) is 5.73 Å². The van der Waals surface area contributed by atoms with E-state index in [1.54, 1.807) is 6.20 Å². The van der Waals surface area contributed by atoms with Crippen LogP contribution in [0.25, 0.3) is 0 Å². The summed E-state index contributed by atoms with van der Waals surface area (Å²) in [6, 6.07) is 4.06. The molecule has 5 N–H and O–H groups in total. The molecule has 1 aliphatic heterocycles. The van der Waals surface area contributed by atoms with E-state index in [0.717, 1.165) is 49.8 Å². The van der Waals surface area contributed by atoms with Gasteiger partial charge in [0.15, 0.2) is 17.8 Å². The van der Waals surface area contributed by atoms with Crippen LogP contribution in [0.15, 0.2) is 36.2 Å². The predicted octanol–water partition coefficient (Wildman–Crippen LogP) is 2.24. The monoisotopic (exact) mass is 416 g/mol. The predicted molar refractivity (Wildman–Crippen MR) is 118 cm³/mol. The van der Waals surface area contributed by atoms with Crippen molar-refractivity contribution in [2.45, 2.75) is 70.4 Å². The number of rotatable bonds is 8. The molecule has 1 atom stereocenters. The second-order valence-corrected chi connectivity index (χ2v) is 8.57. The van der Waals surface area contributed by atoms with Gasteiger partial charge in [0.25, 0.3) is 0 Å². The molecule has 1 saturated carbocycles. The average Bonchev–Trinajstić information content (AvgIpc) is 2.77. The highest BCUT2D eigenvalue weighted by molar-refractivity contribution is 6.05. The quantitative estimate of drug-likeness (QED) is 0.524. The van der Waals surface area contributed by atoms with Gasteiger partial charge in [-0.25, -0.2) is 9.38 Å². The molecule has 0 aromatic heterocycles. The van der Waals surface area contributed by atoms with Gasteiger partial charge >= 0.3 is 0 Å². The Bertz CT molecular complexity index is 813. The van der Waals surface area contributed by atoms with E-state index in [0.29, 0.717) is 23.7 Å². The second kappa shape index (κ2) is 10.7. The van der Waals surface area contributed by atoms with Crippen molar-refractivity contribution in [3.8, 4) is 5.75 Å². The zero-order valence-corrected chi connectivity index (χ0v) is 18.1. The zero-order chi connectivity index (χ0) is 21.5. The minimum absolute atomic E-state index is 0.0469. The summed E-state index contributed by atoms with van der Waals surface area (Å²) in [5.74, 6) is 0.196. The van der Waals surface area contributed by atoms with Gasteiger partial charge in [-0.1, -0.05) is 32.4 Å². The number of halogens is 1. The van der Waals surface area contributed by atoms with Crippen LogP contribution in [0.1, 0.15) is 69.4 Å². The Morgan fingerprint density at radius 1 is 1.30 bits per heavy atom. The molecule has 164 valence electrons. The summed E-state index contributed by atoms with van der Waals surface area (Å²) in [7, 11) is 0. The van der Waals surface area contributed by atoms with Crippen LogP contribution < -0.4 is 20.8 Å². The molecule has 30 heavy (non-hydrogen) atoms. The third kappa shape index (κ3) is 5.92. The van der Waals surface area contributed by atoms with E-state index in [9.17, 15) is 5.11 Å². The molecule has 0 bridgehead atoms. The van der Waals surface area contributed by atoms with Gasteiger partial charge in [-0.3, -0.25) is 0 Å². The lowest BCUT2D eigenvalue weighted by Gasteiger charge is -2.28. The Labute approximate surface area is 178 Å². The average molecular weight is 417 g/mol. The van der Waals surface area contributed by atoms with Gasteiger partial charge in [-0.05, 0) is 44.1 Å². The van der Waals surface area contributed by atoms with E-state index < -0.39 is 6.10 Å². The number of hydrogen-bond acceptors (Lipinski definition) is 4. The smallest absolute Gasteiger partial charge is 0.213 e. The standard InChI is InChI=1S/C24H34FN3O2/c1-16(2)27-14-19(29)15-30-24-20(17-7-6-8-17)11-12-21(23(24)25)22-10-5-3-4-9-18(26)13-28-22/h5,10-13,16-17,19,27,29H,3-4,6-9,14-15,26H2,1-2H3/p+1. The summed E-state index contributed by atoms with van der Waals surface area (Å²) >= 11 is 0. The number of benzene rings is 1. The van der Waals surface area contributed by atoms with Crippen molar-refractivity contribution in [1.29, 1.82) is 0 Å². The van der Waals surface area contributed by atoms with Gasteiger partial charge < -0.3 is 20.9 Å². The first kappa shape index (κ1) is 22.5. The van der Waals surface area contributed by atoms with Crippen LogP contribution in [0.2, 0.25) is 0 Å². The minimum Gasteiger partial charge on any atom is -0.487 e. The van der Waals surface area contributed by atoms with E-state index >= 15 is 4.39 Å². The third-order valence-corrected chi connectivity index (χ3v) is 5.68. The van der Waals surface area contributed by atoms with E-state index in [4.69, 9.17) is 10.5 Å². The molecule has 0 saturated heterocycles. The lowest BCUT2D eigenvalue weighted by Crippen LogP contribution is -2.66. The SMILES string of the molecule is CC(C)NCC(O)COc1c(C2CCC2)ccc(C2=[NH+]C=C(N)CCCC=C2)c1F. The lowest BCUT2D eigenvalue weighted by molar-refractivity contribution is -0.372. The Balaban J connectivity index is 1.88. The van der Waals surface area contributed by atoms with Gasteiger partial charge in [0.2, 0.25) is 5.71 Å². The van der Waals surface area contributed by atoms with Crippen molar-refractivity contribution in [1.82, 2.24) is 5.32 Å². The molecule has 1 aromatic rings. The summed E-state index contributed by atoms with van der Waals surface area (Å²) in [5.41, 5.74) is 8.76. The molecule has 5 nitrogen and oxygen atoms in total. The maximum absolute atomic E-state index is 15.7. The zero-order valence-electron chi connectivity index (χ0n) is 18.1. The molecule has 3 rings (SSSR count). The summed E-state index contributed by atoms with van der Waals surface area (Å²) in [6.45, 7) is 4.48. The van der Waals surface area contributed by atoms with Crippen LogP contribution in [0.3, 0.4) is 0 Å². The third-order valence-electron chi connectivity index (χ3n) is 5.68. The number of aliphatic hydroxyl groups is 1. The van der Waals surface area contributed by atoms with E-state index in [1.807, 2.05) is 38.1 Å². The fraction of sp³-hybridized carbons (Fsp3) is 0.542. The fourth-order valence-electron chi connectivity index (χ4n) is 3.66. The molecule has 0 radical (unpaired) electrons. The number of nitrogens with one attached hydrogen (secondary N) is 2. The number of aliphatic hydroxyl groups excluding tert-OH is 1. The fourth-order valence-corrected chi connectivity index (χ4v) is 3.66. The van der Waals surface area contributed by atoms with E-state index in [1.165, 1.54) is 0 Å². The van der Waals surface area contributed by atoms with Gasteiger partial charge in [-0.2, -0.15) is 0 Å². The topological polar surface area (TPSA) is 81.5 Å². The van der Waals surface area contributed by atoms with Crippen LogP contribution in [0, 0.1) is 5.82 Å². The van der Waals surface area contributed by atoms with Crippen LogP contribution in [0.4, 0.5) is 4.39 Å². The van der Waals surface area contributed by atoms with Gasteiger partial charge in [0.05, 0.1) is 11.3 Å². The van der Waals surface area contributed by atoms with Crippen molar-refractivity contribution >= 4 is 5.71 Å². The van der Waals surface area contributed by atoms with Crippen molar-refractivity contribution < 1.29 is 19.2 Å². The molecular formula is C24H35FN3O2+. The maximum atomic E-state index is 15.7. The summed E-state index contributed by atoms with van der Waals surface area (Å²) < 4.78 is 21.5. The lowest BCUT2D eigenvalue weighted by atomic mass is 9.79. The second-order valence-electron chi connectivity index (χ2n) is 8.57. The number of allylic oxidation sites excluding steroid dienone is 3.